The molecule has 0 saturated carbocycles. The summed E-state index contributed by atoms with van der Waals surface area (Å²) in [5, 5.41) is 21.7. The van der Waals surface area contributed by atoms with Crippen molar-refractivity contribution in [1.82, 2.24) is 0 Å². The van der Waals surface area contributed by atoms with E-state index in [0.29, 0.717) is 5.56 Å². The van der Waals surface area contributed by atoms with Crippen LogP contribution in [-0.2, 0) is 0 Å². The molecular weight excluding hydrogens is 254 g/mol. The Bertz CT molecular complexity index is 633. The summed E-state index contributed by atoms with van der Waals surface area (Å²) in [5.41, 5.74) is 1.13. The average Bonchev–Trinajstić information content (AvgIpc) is 2.74. The number of nitro benzene ring substituents is 1. The number of nitrogens with zero attached hydrogens (tertiary/aromatic N) is 1. The number of rotatable bonds is 3. The second kappa shape index (κ2) is 4.58. The monoisotopic (exact) mass is 263 g/mol. The second-order valence-electron chi connectivity index (χ2n) is 3.73. The summed E-state index contributed by atoms with van der Waals surface area (Å²) >= 11 is 1.40. The van der Waals surface area contributed by atoms with Crippen LogP contribution in [0.5, 0.6) is 0 Å². The third-order valence-corrected chi connectivity index (χ3v) is 3.60. The summed E-state index contributed by atoms with van der Waals surface area (Å²) in [6.45, 7) is 1.86. The number of thiophene rings is 1. The molecule has 1 N–H and O–H groups in total. The van der Waals surface area contributed by atoms with Crippen LogP contribution in [0.25, 0.3) is 10.4 Å². The maximum Gasteiger partial charge on any atom is 0.335 e. The number of benzene rings is 1. The molecular formula is C12H9NO4S. The molecule has 0 aliphatic rings. The zero-order valence-electron chi connectivity index (χ0n) is 9.41. The Kier molecular flexibility index (Phi) is 3.12. The van der Waals surface area contributed by atoms with Crippen LogP contribution in [-0.4, -0.2) is 16.0 Å². The lowest BCUT2D eigenvalue weighted by Crippen LogP contribution is -1.99. The second-order valence-corrected chi connectivity index (χ2v) is 4.64. The van der Waals surface area contributed by atoms with Gasteiger partial charge in [-0.1, -0.05) is 0 Å². The maximum absolute atomic E-state index is 11.0. The maximum atomic E-state index is 11.0. The van der Waals surface area contributed by atoms with E-state index in [9.17, 15) is 14.9 Å². The van der Waals surface area contributed by atoms with E-state index in [1.165, 1.54) is 23.5 Å². The molecule has 0 spiro atoms. The van der Waals surface area contributed by atoms with Gasteiger partial charge in [0, 0.05) is 10.9 Å². The Hall–Kier alpha value is -2.21. The molecule has 2 rings (SSSR count). The number of aromatic carboxylic acids is 1. The number of nitro groups is 1. The van der Waals surface area contributed by atoms with Crippen LogP contribution < -0.4 is 0 Å². The van der Waals surface area contributed by atoms with E-state index in [1.807, 2.05) is 18.4 Å². The highest BCUT2D eigenvalue weighted by molar-refractivity contribution is 7.13. The lowest BCUT2D eigenvalue weighted by atomic mass is 10.1. The van der Waals surface area contributed by atoms with Crippen molar-refractivity contribution >= 4 is 23.0 Å². The third-order valence-electron chi connectivity index (χ3n) is 2.55. The predicted octanol–water partition coefficient (Wildman–Crippen LogP) is 3.33. The molecule has 18 heavy (non-hydrogen) atoms. The molecule has 0 amide bonds. The van der Waals surface area contributed by atoms with Crippen LogP contribution in [0.3, 0.4) is 0 Å². The molecule has 0 bridgehead atoms. The van der Waals surface area contributed by atoms with Crippen molar-refractivity contribution in [3.05, 3.63) is 50.9 Å². The van der Waals surface area contributed by atoms with Gasteiger partial charge in [-0.15, -0.1) is 11.3 Å². The minimum atomic E-state index is -1.17. The van der Waals surface area contributed by atoms with Gasteiger partial charge < -0.3 is 5.11 Å². The molecule has 5 nitrogen and oxygen atoms in total. The lowest BCUT2D eigenvalue weighted by molar-refractivity contribution is -0.384. The molecule has 1 heterocycles. The van der Waals surface area contributed by atoms with Crippen molar-refractivity contribution in [2.24, 2.45) is 0 Å². The molecule has 2 aromatic rings. The van der Waals surface area contributed by atoms with Gasteiger partial charge in [0.15, 0.2) is 0 Å². The van der Waals surface area contributed by atoms with Gasteiger partial charge in [-0.3, -0.25) is 10.1 Å². The first-order chi connectivity index (χ1) is 8.50. The molecule has 0 radical (unpaired) electrons. The largest absolute Gasteiger partial charge is 0.478 e. The Morgan fingerprint density at radius 3 is 2.61 bits per heavy atom. The Labute approximate surface area is 106 Å². The summed E-state index contributed by atoms with van der Waals surface area (Å²) in [6, 6.07) is 5.83. The summed E-state index contributed by atoms with van der Waals surface area (Å²) < 4.78 is 0. The molecule has 92 valence electrons. The molecule has 1 aromatic carbocycles. The molecule has 0 aliphatic carbocycles. The average molecular weight is 263 g/mol. The number of aryl methyl sites for hydroxylation is 1. The van der Waals surface area contributed by atoms with Gasteiger partial charge >= 0.3 is 5.97 Å². The molecule has 0 aliphatic heterocycles. The van der Waals surface area contributed by atoms with Crippen molar-refractivity contribution in [3.8, 4) is 10.4 Å². The quantitative estimate of drug-likeness (QED) is 0.680. The van der Waals surface area contributed by atoms with Crippen LogP contribution in [0, 0.1) is 17.0 Å². The minimum Gasteiger partial charge on any atom is -0.478 e. The normalized spacial score (nSPS) is 10.3. The smallest absolute Gasteiger partial charge is 0.335 e. The first kappa shape index (κ1) is 12.3. The van der Waals surface area contributed by atoms with E-state index in [2.05, 4.69) is 0 Å². The fourth-order valence-electron chi connectivity index (χ4n) is 1.66. The standard InChI is InChI=1S/C12H9NO4S/c1-7-4-5-18-11(7)9-3-2-8(12(14)15)6-10(9)13(16)17/h2-6H,1H3,(H,14,15). The van der Waals surface area contributed by atoms with E-state index < -0.39 is 10.9 Å². The van der Waals surface area contributed by atoms with Gasteiger partial charge in [-0.25, -0.2) is 4.79 Å². The van der Waals surface area contributed by atoms with E-state index in [4.69, 9.17) is 5.11 Å². The van der Waals surface area contributed by atoms with Gasteiger partial charge in [0.05, 0.1) is 16.1 Å². The number of carbonyl (C=O) groups is 1. The Morgan fingerprint density at radius 1 is 1.39 bits per heavy atom. The van der Waals surface area contributed by atoms with E-state index in [1.54, 1.807) is 0 Å². The van der Waals surface area contributed by atoms with Crippen LogP contribution >= 0.6 is 11.3 Å². The van der Waals surface area contributed by atoms with Gasteiger partial charge in [-0.2, -0.15) is 0 Å². The zero-order chi connectivity index (χ0) is 13.3. The fourth-order valence-corrected chi connectivity index (χ4v) is 2.62. The first-order valence-electron chi connectivity index (χ1n) is 5.07. The van der Waals surface area contributed by atoms with Gasteiger partial charge in [-0.05, 0) is 36.1 Å². The molecule has 0 unspecified atom stereocenters. The highest BCUT2D eigenvalue weighted by Gasteiger charge is 2.20. The SMILES string of the molecule is Cc1ccsc1-c1ccc(C(=O)O)cc1[N+](=O)[O-]. The van der Waals surface area contributed by atoms with E-state index in [0.717, 1.165) is 16.5 Å². The summed E-state index contributed by atoms with van der Waals surface area (Å²) in [7, 11) is 0. The van der Waals surface area contributed by atoms with Gasteiger partial charge in [0.1, 0.15) is 0 Å². The number of hydrogen-bond donors (Lipinski definition) is 1. The van der Waals surface area contributed by atoms with Crippen LogP contribution in [0.15, 0.2) is 29.6 Å². The van der Waals surface area contributed by atoms with E-state index >= 15 is 0 Å². The number of carboxylic acid groups (broad SMARTS) is 1. The van der Waals surface area contributed by atoms with Gasteiger partial charge in [0.2, 0.25) is 0 Å². The van der Waals surface area contributed by atoms with Gasteiger partial charge in [0.25, 0.3) is 5.69 Å². The molecule has 0 atom stereocenters. The van der Waals surface area contributed by atoms with Crippen molar-refractivity contribution in [1.29, 1.82) is 0 Å². The van der Waals surface area contributed by atoms with Crippen LogP contribution in [0.1, 0.15) is 15.9 Å². The summed E-state index contributed by atoms with van der Waals surface area (Å²) in [5.74, 6) is -1.17. The van der Waals surface area contributed by atoms with Crippen molar-refractivity contribution < 1.29 is 14.8 Å². The minimum absolute atomic E-state index is 0.0836. The Morgan fingerprint density at radius 2 is 2.11 bits per heavy atom. The highest BCUT2D eigenvalue weighted by Crippen LogP contribution is 2.36. The summed E-state index contributed by atoms with van der Waals surface area (Å²) in [4.78, 5) is 22.1. The topological polar surface area (TPSA) is 80.4 Å². The first-order valence-corrected chi connectivity index (χ1v) is 5.95. The Balaban J connectivity index is 2.65. The van der Waals surface area contributed by atoms with Crippen LogP contribution in [0.2, 0.25) is 0 Å². The summed E-state index contributed by atoms with van der Waals surface area (Å²) in [6.07, 6.45) is 0. The van der Waals surface area contributed by atoms with Crippen molar-refractivity contribution in [3.63, 3.8) is 0 Å². The van der Waals surface area contributed by atoms with Crippen molar-refractivity contribution in [2.75, 3.05) is 0 Å². The molecule has 0 saturated heterocycles. The van der Waals surface area contributed by atoms with Crippen LogP contribution in [0.4, 0.5) is 5.69 Å². The third kappa shape index (κ3) is 2.10. The fraction of sp³-hybridized carbons (Fsp3) is 0.0833. The zero-order valence-corrected chi connectivity index (χ0v) is 10.2. The number of carboxylic acids is 1. The lowest BCUT2D eigenvalue weighted by Gasteiger charge is -2.03. The van der Waals surface area contributed by atoms with E-state index in [-0.39, 0.29) is 11.3 Å². The highest BCUT2D eigenvalue weighted by atomic mass is 32.1. The number of hydrogen-bond acceptors (Lipinski definition) is 4. The van der Waals surface area contributed by atoms with Crippen molar-refractivity contribution in [2.45, 2.75) is 6.92 Å². The molecule has 1 aromatic heterocycles. The molecule has 6 heteroatoms. The molecule has 0 fully saturated rings. The predicted molar refractivity (Wildman–Crippen MR) is 68.1 cm³/mol.